The minimum Gasteiger partial charge on any atom is -0.393 e. The third kappa shape index (κ3) is 4.53. The topological polar surface area (TPSA) is 40.5 Å². The Labute approximate surface area is 62.2 Å². The summed E-state index contributed by atoms with van der Waals surface area (Å²) in [5.74, 6) is 0.295. The molecule has 60 valence electrons. The van der Waals surface area contributed by atoms with Gasteiger partial charge in [-0.2, -0.15) is 0 Å². The van der Waals surface area contributed by atoms with Gasteiger partial charge in [0.2, 0.25) is 0 Å². The van der Waals surface area contributed by atoms with E-state index in [-0.39, 0.29) is 12.7 Å². The van der Waals surface area contributed by atoms with Crippen molar-refractivity contribution in [2.45, 2.75) is 26.4 Å². The number of aliphatic hydroxyl groups excluding tert-OH is 2. The van der Waals surface area contributed by atoms with Gasteiger partial charge in [0.15, 0.2) is 0 Å². The fraction of sp³-hybridized carbons (Fsp3) is 0.750. The molecule has 0 radical (unpaired) electrons. The van der Waals surface area contributed by atoms with Crippen molar-refractivity contribution >= 4 is 0 Å². The van der Waals surface area contributed by atoms with E-state index in [9.17, 15) is 5.11 Å². The second kappa shape index (κ2) is 5.45. The van der Waals surface area contributed by atoms with Crippen LogP contribution in [0.25, 0.3) is 0 Å². The number of aliphatic hydroxyl groups is 2. The lowest BCUT2D eigenvalue weighted by Crippen LogP contribution is -2.12. The highest BCUT2D eigenvalue weighted by Crippen LogP contribution is 2.05. The molecule has 2 nitrogen and oxygen atoms in total. The van der Waals surface area contributed by atoms with Crippen LogP contribution in [0.2, 0.25) is 0 Å². The molecule has 0 aliphatic rings. The van der Waals surface area contributed by atoms with E-state index in [2.05, 4.69) is 0 Å². The smallest absolute Gasteiger partial charge is 0.0612 e. The first kappa shape index (κ1) is 9.66. The zero-order chi connectivity index (χ0) is 7.98. The average molecular weight is 144 g/mol. The molecular formula is C8H16O2. The van der Waals surface area contributed by atoms with E-state index in [1.54, 1.807) is 12.2 Å². The van der Waals surface area contributed by atoms with E-state index in [4.69, 9.17) is 5.11 Å². The van der Waals surface area contributed by atoms with Crippen molar-refractivity contribution in [2.24, 2.45) is 5.92 Å². The summed E-state index contributed by atoms with van der Waals surface area (Å²) in [6.45, 7) is 4.00. The summed E-state index contributed by atoms with van der Waals surface area (Å²) in [6, 6.07) is 0. The maximum absolute atomic E-state index is 9.22. The van der Waals surface area contributed by atoms with Gasteiger partial charge in [0, 0.05) is 0 Å². The Hall–Kier alpha value is -0.340. The molecule has 0 saturated carbocycles. The Bertz CT molecular complexity index is 97.4. The van der Waals surface area contributed by atoms with E-state index in [0.29, 0.717) is 12.3 Å². The van der Waals surface area contributed by atoms with Crippen LogP contribution < -0.4 is 0 Å². The van der Waals surface area contributed by atoms with Gasteiger partial charge in [-0.25, -0.2) is 0 Å². The van der Waals surface area contributed by atoms with Crippen LogP contribution in [0.1, 0.15) is 20.3 Å². The standard InChI is InChI=1S/C8H16O2/c1-7(2)8(10)5-3-4-6-9/h3-4,7-10H,5-6H2,1-2H3/b4-3+. The van der Waals surface area contributed by atoms with Crippen LogP contribution in [-0.2, 0) is 0 Å². The molecule has 0 saturated heterocycles. The van der Waals surface area contributed by atoms with Gasteiger partial charge in [0.1, 0.15) is 0 Å². The summed E-state index contributed by atoms with van der Waals surface area (Å²) in [4.78, 5) is 0. The number of hydrogen-bond acceptors (Lipinski definition) is 2. The van der Waals surface area contributed by atoms with Crippen molar-refractivity contribution in [3.05, 3.63) is 12.2 Å². The van der Waals surface area contributed by atoms with Crippen LogP contribution in [0.3, 0.4) is 0 Å². The molecule has 2 heteroatoms. The van der Waals surface area contributed by atoms with E-state index < -0.39 is 0 Å². The molecule has 0 aromatic heterocycles. The van der Waals surface area contributed by atoms with Crippen LogP contribution in [0.15, 0.2) is 12.2 Å². The summed E-state index contributed by atoms with van der Waals surface area (Å²) < 4.78 is 0. The summed E-state index contributed by atoms with van der Waals surface area (Å²) in [5, 5.41) is 17.6. The first-order valence-corrected chi connectivity index (χ1v) is 3.62. The average Bonchev–Trinajstić information content (AvgIpc) is 1.88. The molecule has 0 aliphatic heterocycles. The first-order valence-electron chi connectivity index (χ1n) is 3.62. The molecule has 0 heterocycles. The van der Waals surface area contributed by atoms with E-state index in [0.717, 1.165) is 0 Å². The second-order valence-electron chi connectivity index (χ2n) is 2.70. The highest BCUT2D eigenvalue weighted by Gasteiger charge is 2.05. The van der Waals surface area contributed by atoms with Crippen molar-refractivity contribution in [1.29, 1.82) is 0 Å². The fourth-order valence-electron chi connectivity index (χ4n) is 0.582. The maximum Gasteiger partial charge on any atom is 0.0612 e. The molecule has 0 aromatic rings. The van der Waals surface area contributed by atoms with E-state index in [1.165, 1.54) is 0 Å². The van der Waals surface area contributed by atoms with Crippen LogP contribution in [0, 0.1) is 5.92 Å². The molecule has 2 N–H and O–H groups in total. The van der Waals surface area contributed by atoms with Crippen LogP contribution in [0.4, 0.5) is 0 Å². The monoisotopic (exact) mass is 144 g/mol. The highest BCUT2D eigenvalue weighted by atomic mass is 16.3. The molecule has 1 atom stereocenters. The molecule has 0 spiro atoms. The molecule has 0 rings (SSSR count). The summed E-state index contributed by atoms with van der Waals surface area (Å²) in [7, 11) is 0. The lowest BCUT2D eigenvalue weighted by atomic mass is 10.0. The van der Waals surface area contributed by atoms with Gasteiger partial charge in [0.25, 0.3) is 0 Å². The Morgan fingerprint density at radius 3 is 2.30 bits per heavy atom. The third-order valence-electron chi connectivity index (χ3n) is 1.42. The van der Waals surface area contributed by atoms with E-state index in [1.807, 2.05) is 13.8 Å². The largest absolute Gasteiger partial charge is 0.393 e. The van der Waals surface area contributed by atoms with Gasteiger partial charge >= 0.3 is 0 Å². The minimum atomic E-state index is -0.275. The van der Waals surface area contributed by atoms with Gasteiger partial charge in [-0.3, -0.25) is 0 Å². The molecular weight excluding hydrogens is 128 g/mol. The van der Waals surface area contributed by atoms with Gasteiger partial charge in [-0.15, -0.1) is 0 Å². The maximum atomic E-state index is 9.22. The molecule has 0 amide bonds. The Kier molecular flexibility index (Phi) is 5.26. The van der Waals surface area contributed by atoms with Crippen molar-refractivity contribution < 1.29 is 10.2 Å². The summed E-state index contributed by atoms with van der Waals surface area (Å²) in [5.41, 5.74) is 0. The number of hydrogen-bond donors (Lipinski definition) is 2. The Morgan fingerprint density at radius 2 is 1.90 bits per heavy atom. The third-order valence-corrected chi connectivity index (χ3v) is 1.42. The molecule has 0 fully saturated rings. The van der Waals surface area contributed by atoms with Crippen LogP contribution in [0.5, 0.6) is 0 Å². The zero-order valence-corrected chi connectivity index (χ0v) is 6.62. The SMILES string of the molecule is CC(C)C(O)C/C=C/CO. The van der Waals surface area contributed by atoms with Crippen molar-refractivity contribution in [3.63, 3.8) is 0 Å². The zero-order valence-electron chi connectivity index (χ0n) is 6.62. The number of rotatable bonds is 4. The lowest BCUT2D eigenvalue weighted by molar-refractivity contribution is 0.128. The minimum absolute atomic E-state index is 0.0603. The Balaban J connectivity index is 3.38. The lowest BCUT2D eigenvalue weighted by Gasteiger charge is -2.10. The van der Waals surface area contributed by atoms with Crippen molar-refractivity contribution in [3.8, 4) is 0 Å². The van der Waals surface area contributed by atoms with Gasteiger partial charge < -0.3 is 10.2 Å². The summed E-state index contributed by atoms with van der Waals surface area (Å²) >= 11 is 0. The predicted octanol–water partition coefficient (Wildman–Crippen LogP) is 0.942. The summed E-state index contributed by atoms with van der Waals surface area (Å²) in [6.07, 6.45) is 3.80. The van der Waals surface area contributed by atoms with Gasteiger partial charge in [-0.05, 0) is 12.3 Å². The molecule has 0 bridgehead atoms. The fourth-order valence-corrected chi connectivity index (χ4v) is 0.582. The second-order valence-corrected chi connectivity index (χ2v) is 2.70. The van der Waals surface area contributed by atoms with Crippen LogP contribution in [-0.4, -0.2) is 22.9 Å². The van der Waals surface area contributed by atoms with E-state index >= 15 is 0 Å². The van der Waals surface area contributed by atoms with Crippen molar-refractivity contribution in [1.82, 2.24) is 0 Å². The first-order chi connectivity index (χ1) is 4.68. The van der Waals surface area contributed by atoms with Gasteiger partial charge in [0.05, 0.1) is 12.7 Å². The highest BCUT2D eigenvalue weighted by molar-refractivity contribution is 4.83. The molecule has 0 aliphatic carbocycles. The van der Waals surface area contributed by atoms with Gasteiger partial charge in [-0.1, -0.05) is 26.0 Å². The van der Waals surface area contributed by atoms with Crippen LogP contribution >= 0.6 is 0 Å². The van der Waals surface area contributed by atoms with Crippen molar-refractivity contribution in [2.75, 3.05) is 6.61 Å². The molecule has 1 unspecified atom stereocenters. The molecule has 10 heavy (non-hydrogen) atoms. The quantitative estimate of drug-likeness (QED) is 0.576. The Morgan fingerprint density at radius 1 is 1.30 bits per heavy atom. The normalized spacial score (nSPS) is 14.9. The predicted molar refractivity (Wildman–Crippen MR) is 41.7 cm³/mol. The molecule has 0 aromatic carbocycles.